The Balaban J connectivity index is 1.91. The Morgan fingerprint density at radius 3 is 2.21 bits per heavy atom. The largest absolute Gasteiger partial charge is 0.385 e. The summed E-state index contributed by atoms with van der Waals surface area (Å²) < 4.78 is 0. The van der Waals surface area contributed by atoms with E-state index in [-0.39, 0.29) is 11.6 Å². The van der Waals surface area contributed by atoms with E-state index in [2.05, 4.69) is 0 Å². The van der Waals surface area contributed by atoms with Crippen LogP contribution >= 0.6 is 0 Å². The van der Waals surface area contributed by atoms with Crippen molar-refractivity contribution in [3.05, 3.63) is 75.8 Å². The zero-order valence-corrected chi connectivity index (χ0v) is 13.7. The highest BCUT2D eigenvalue weighted by Gasteiger charge is 2.38. The van der Waals surface area contributed by atoms with Crippen LogP contribution in [0.25, 0.3) is 0 Å². The number of nitrogens with zero attached hydrogens (tertiary/aromatic N) is 1. The molecule has 3 rings (SSSR count). The summed E-state index contributed by atoms with van der Waals surface area (Å²) in [4.78, 5) is 10.4. The second-order valence-electron chi connectivity index (χ2n) is 6.73. The molecule has 2 aromatic carbocycles. The van der Waals surface area contributed by atoms with Crippen LogP contribution in [0.15, 0.2) is 54.6 Å². The monoisotopic (exact) mass is 325 g/mol. The van der Waals surface area contributed by atoms with E-state index in [1.165, 1.54) is 18.6 Å². The van der Waals surface area contributed by atoms with Crippen LogP contribution in [-0.4, -0.2) is 10.0 Å². The summed E-state index contributed by atoms with van der Waals surface area (Å²) in [6, 6.07) is 16.4. The highest BCUT2D eigenvalue weighted by Crippen LogP contribution is 2.41. The molecule has 24 heavy (non-hydrogen) atoms. The summed E-state index contributed by atoms with van der Waals surface area (Å²) in [5.74, 6) is 0.226. The molecule has 4 nitrogen and oxygen atoms in total. The molecule has 1 atom stereocenters. The number of hydrogen-bond acceptors (Lipinski definition) is 3. The molecule has 0 bridgehead atoms. The summed E-state index contributed by atoms with van der Waals surface area (Å²) in [7, 11) is 0. The standard InChI is InChI=1S/C20H23NO3/c22-20(17-7-3-1-4-8-17,18-9-5-2-6-10-18)15-16-11-13-19(14-12-16)21(23)24/h1,3-4,7-8,11-14,18,22H,2,5-6,9-10,15H2. The molecule has 1 unspecified atom stereocenters. The molecule has 1 fully saturated rings. The van der Waals surface area contributed by atoms with Gasteiger partial charge in [0.25, 0.3) is 5.69 Å². The quantitative estimate of drug-likeness (QED) is 0.645. The molecule has 1 saturated carbocycles. The average molecular weight is 325 g/mol. The number of nitro benzene ring substituents is 1. The molecule has 2 aromatic rings. The van der Waals surface area contributed by atoms with Gasteiger partial charge in [-0.3, -0.25) is 10.1 Å². The first-order valence-corrected chi connectivity index (χ1v) is 8.61. The third kappa shape index (κ3) is 3.49. The van der Waals surface area contributed by atoms with E-state index in [1.807, 2.05) is 30.3 Å². The minimum absolute atomic E-state index is 0.0830. The lowest BCUT2D eigenvalue weighted by Gasteiger charge is -2.39. The topological polar surface area (TPSA) is 63.4 Å². The highest BCUT2D eigenvalue weighted by atomic mass is 16.6. The summed E-state index contributed by atoms with van der Waals surface area (Å²) in [6.07, 6.45) is 6.08. The van der Waals surface area contributed by atoms with Crippen LogP contribution in [0.3, 0.4) is 0 Å². The lowest BCUT2D eigenvalue weighted by atomic mass is 9.70. The maximum absolute atomic E-state index is 11.6. The molecule has 126 valence electrons. The molecule has 1 N–H and O–H groups in total. The summed E-state index contributed by atoms with van der Waals surface area (Å²) >= 11 is 0. The molecule has 0 amide bonds. The Hall–Kier alpha value is -2.20. The van der Waals surface area contributed by atoms with E-state index in [9.17, 15) is 15.2 Å². The van der Waals surface area contributed by atoms with Gasteiger partial charge in [-0.2, -0.15) is 0 Å². The minimum atomic E-state index is -0.919. The Kier molecular flexibility index (Phi) is 4.95. The Labute approximate surface area is 142 Å². The van der Waals surface area contributed by atoms with Gasteiger partial charge in [-0.15, -0.1) is 0 Å². The van der Waals surface area contributed by atoms with Crippen LogP contribution in [0.5, 0.6) is 0 Å². The molecule has 0 saturated heterocycles. The minimum Gasteiger partial charge on any atom is -0.385 e. The fraction of sp³-hybridized carbons (Fsp3) is 0.400. The van der Waals surface area contributed by atoms with E-state index < -0.39 is 10.5 Å². The third-order valence-corrected chi connectivity index (χ3v) is 5.18. The molecule has 0 radical (unpaired) electrons. The van der Waals surface area contributed by atoms with Crippen molar-refractivity contribution in [1.82, 2.24) is 0 Å². The Morgan fingerprint density at radius 2 is 1.62 bits per heavy atom. The van der Waals surface area contributed by atoms with Gasteiger partial charge in [0.2, 0.25) is 0 Å². The van der Waals surface area contributed by atoms with Gasteiger partial charge in [0.1, 0.15) is 0 Å². The van der Waals surface area contributed by atoms with Crippen LogP contribution in [-0.2, 0) is 12.0 Å². The maximum atomic E-state index is 11.6. The van der Waals surface area contributed by atoms with Gasteiger partial charge in [-0.1, -0.05) is 61.7 Å². The van der Waals surface area contributed by atoms with Crippen molar-refractivity contribution in [3.8, 4) is 0 Å². The van der Waals surface area contributed by atoms with Gasteiger partial charge < -0.3 is 5.11 Å². The van der Waals surface area contributed by atoms with Crippen LogP contribution in [0.1, 0.15) is 43.2 Å². The highest BCUT2D eigenvalue weighted by molar-refractivity contribution is 5.35. The van der Waals surface area contributed by atoms with E-state index in [0.717, 1.165) is 36.8 Å². The molecule has 0 aromatic heterocycles. The molecule has 0 spiro atoms. The first-order chi connectivity index (χ1) is 11.6. The van der Waals surface area contributed by atoms with Crippen molar-refractivity contribution in [3.63, 3.8) is 0 Å². The zero-order chi connectivity index (χ0) is 17.0. The molecular weight excluding hydrogens is 302 g/mol. The van der Waals surface area contributed by atoms with Crippen molar-refractivity contribution >= 4 is 5.69 Å². The Bertz CT molecular complexity index is 678. The SMILES string of the molecule is O=[N+]([O-])c1ccc(CC(O)(c2ccccc2)C2CCCCC2)cc1. The van der Waals surface area contributed by atoms with Gasteiger partial charge in [0.05, 0.1) is 10.5 Å². The van der Waals surface area contributed by atoms with Crippen LogP contribution in [0, 0.1) is 16.0 Å². The number of benzene rings is 2. The van der Waals surface area contributed by atoms with Crippen molar-refractivity contribution in [2.75, 3.05) is 0 Å². The fourth-order valence-electron chi connectivity index (χ4n) is 3.84. The van der Waals surface area contributed by atoms with E-state index in [0.29, 0.717) is 6.42 Å². The van der Waals surface area contributed by atoms with Crippen molar-refractivity contribution < 1.29 is 10.0 Å². The van der Waals surface area contributed by atoms with Gasteiger partial charge in [-0.05, 0) is 29.9 Å². The Morgan fingerprint density at radius 1 is 1.00 bits per heavy atom. The summed E-state index contributed by atoms with van der Waals surface area (Å²) in [6.45, 7) is 0. The summed E-state index contributed by atoms with van der Waals surface area (Å²) in [5, 5.41) is 22.4. The molecule has 0 heterocycles. The number of aliphatic hydroxyl groups is 1. The lowest BCUT2D eigenvalue weighted by molar-refractivity contribution is -0.384. The molecule has 1 aliphatic carbocycles. The third-order valence-electron chi connectivity index (χ3n) is 5.18. The molecule has 4 heteroatoms. The van der Waals surface area contributed by atoms with E-state index in [4.69, 9.17) is 0 Å². The number of hydrogen-bond donors (Lipinski definition) is 1. The average Bonchev–Trinajstić information content (AvgIpc) is 2.63. The predicted molar refractivity (Wildman–Crippen MR) is 93.7 cm³/mol. The van der Waals surface area contributed by atoms with Crippen molar-refractivity contribution in [1.29, 1.82) is 0 Å². The van der Waals surface area contributed by atoms with Gasteiger partial charge >= 0.3 is 0 Å². The number of nitro groups is 1. The van der Waals surface area contributed by atoms with E-state index >= 15 is 0 Å². The normalized spacial score (nSPS) is 18.0. The molecule has 0 aliphatic heterocycles. The zero-order valence-electron chi connectivity index (χ0n) is 13.7. The molecule has 1 aliphatic rings. The number of non-ortho nitro benzene ring substituents is 1. The van der Waals surface area contributed by atoms with Gasteiger partial charge in [-0.25, -0.2) is 0 Å². The molecular formula is C20H23NO3. The number of rotatable bonds is 5. The smallest absolute Gasteiger partial charge is 0.269 e. The fourth-order valence-corrected chi connectivity index (χ4v) is 3.84. The predicted octanol–water partition coefficient (Wildman–Crippen LogP) is 4.61. The van der Waals surface area contributed by atoms with Gasteiger partial charge in [0.15, 0.2) is 0 Å². The van der Waals surface area contributed by atoms with Crippen LogP contribution < -0.4 is 0 Å². The van der Waals surface area contributed by atoms with E-state index in [1.54, 1.807) is 12.1 Å². The maximum Gasteiger partial charge on any atom is 0.269 e. The summed E-state index contributed by atoms with van der Waals surface area (Å²) in [5.41, 5.74) is 1.03. The van der Waals surface area contributed by atoms with Crippen LogP contribution in [0.4, 0.5) is 5.69 Å². The van der Waals surface area contributed by atoms with Gasteiger partial charge in [0, 0.05) is 18.6 Å². The lowest BCUT2D eigenvalue weighted by Crippen LogP contribution is -2.38. The second-order valence-corrected chi connectivity index (χ2v) is 6.73. The van der Waals surface area contributed by atoms with Crippen molar-refractivity contribution in [2.24, 2.45) is 5.92 Å². The second kappa shape index (κ2) is 7.14. The van der Waals surface area contributed by atoms with Crippen LogP contribution in [0.2, 0.25) is 0 Å². The first-order valence-electron chi connectivity index (χ1n) is 8.61. The first kappa shape index (κ1) is 16.7. The van der Waals surface area contributed by atoms with Crippen molar-refractivity contribution in [2.45, 2.75) is 44.1 Å².